The van der Waals surface area contributed by atoms with E-state index in [9.17, 15) is 10.2 Å². The van der Waals surface area contributed by atoms with E-state index in [1.54, 1.807) is 11.1 Å². The summed E-state index contributed by atoms with van der Waals surface area (Å²) >= 11 is 0. The Morgan fingerprint density at radius 1 is 1.09 bits per heavy atom. The van der Waals surface area contributed by atoms with Gasteiger partial charge >= 0.3 is 0 Å². The maximum absolute atomic E-state index is 10.2. The Balaban J connectivity index is 1.93. The number of allylic oxidation sites excluding steroid dienone is 2. The van der Waals surface area contributed by atoms with Crippen molar-refractivity contribution in [3.8, 4) is 0 Å². The quantitative estimate of drug-likeness (QED) is 0.740. The molecule has 0 aromatic carbocycles. The van der Waals surface area contributed by atoms with Crippen LogP contribution in [-0.4, -0.2) is 22.9 Å². The lowest BCUT2D eigenvalue weighted by Crippen LogP contribution is -2.48. The molecule has 126 valence electrons. The van der Waals surface area contributed by atoms with Crippen molar-refractivity contribution in [3.05, 3.63) is 11.1 Å². The summed E-state index contributed by atoms with van der Waals surface area (Å²) in [5, 5.41) is 19.6. The zero-order chi connectivity index (χ0) is 16.2. The first-order chi connectivity index (χ1) is 10.2. The first kappa shape index (κ1) is 16.5. The Hall–Kier alpha value is -0.340. The highest BCUT2D eigenvalue weighted by molar-refractivity contribution is 5.31. The van der Waals surface area contributed by atoms with Crippen LogP contribution in [0.1, 0.15) is 79.1 Å². The van der Waals surface area contributed by atoms with Crippen LogP contribution in [0, 0.1) is 22.2 Å². The van der Waals surface area contributed by atoms with E-state index < -0.39 is 6.10 Å². The third-order valence-electron chi connectivity index (χ3n) is 7.62. The van der Waals surface area contributed by atoms with E-state index in [1.807, 2.05) is 0 Å². The molecule has 3 rings (SSSR count). The van der Waals surface area contributed by atoms with Gasteiger partial charge in [0.2, 0.25) is 0 Å². The van der Waals surface area contributed by atoms with Crippen LogP contribution in [0.5, 0.6) is 0 Å². The number of hydrogen-bond acceptors (Lipinski definition) is 2. The van der Waals surface area contributed by atoms with Crippen molar-refractivity contribution in [2.75, 3.05) is 6.61 Å². The molecule has 3 aliphatic rings. The molecule has 0 amide bonds. The molecule has 0 saturated heterocycles. The average Bonchev–Trinajstić information content (AvgIpc) is 2.45. The second-order valence-corrected chi connectivity index (χ2v) is 9.46. The standard InChI is InChI=1S/C20H34O2/c1-18(2)9-5-10-20(4)15-8-11-19(3,17(22)13-21)12-14(15)6-7-16(18)20/h16-17,21-22H,5-13H2,1-4H3/t16-,17+,19-,20+/m1/s1. The largest absolute Gasteiger partial charge is 0.394 e. The number of fused-ring (bicyclic) bond motifs is 2. The van der Waals surface area contributed by atoms with E-state index in [0.717, 1.165) is 25.2 Å². The Morgan fingerprint density at radius 3 is 2.50 bits per heavy atom. The monoisotopic (exact) mass is 306 g/mol. The maximum Gasteiger partial charge on any atom is 0.0827 e. The maximum atomic E-state index is 10.2. The van der Waals surface area contributed by atoms with E-state index in [1.165, 1.54) is 32.1 Å². The summed E-state index contributed by atoms with van der Waals surface area (Å²) in [5.41, 5.74) is 4.09. The third kappa shape index (κ3) is 2.38. The Morgan fingerprint density at radius 2 is 1.82 bits per heavy atom. The third-order valence-corrected chi connectivity index (χ3v) is 7.62. The van der Waals surface area contributed by atoms with Crippen molar-refractivity contribution in [1.29, 1.82) is 0 Å². The molecule has 0 spiro atoms. The number of aliphatic hydroxyl groups excluding tert-OH is 2. The highest BCUT2D eigenvalue weighted by Crippen LogP contribution is 2.63. The van der Waals surface area contributed by atoms with Crippen molar-refractivity contribution < 1.29 is 10.2 Å². The molecule has 22 heavy (non-hydrogen) atoms. The predicted octanol–water partition coefficient (Wildman–Crippen LogP) is 4.45. The van der Waals surface area contributed by atoms with E-state index in [0.29, 0.717) is 10.8 Å². The van der Waals surface area contributed by atoms with Crippen molar-refractivity contribution in [3.63, 3.8) is 0 Å². The minimum atomic E-state index is -0.574. The molecule has 2 N–H and O–H groups in total. The molecule has 0 aliphatic heterocycles. The Kier molecular flexibility index (Phi) is 4.01. The van der Waals surface area contributed by atoms with E-state index in [4.69, 9.17) is 0 Å². The van der Waals surface area contributed by atoms with Crippen LogP contribution in [0.15, 0.2) is 11.1 Å². The van der Waals surface area contributed by atoms with Crippen LogP contribution in [0.4, 0.5) is 0 Å². The first-order valence-electron chi connectivity index (χ1n) is 9.23. The topological polar surface area (TPSA) is 40.5 Å². The molecule has 1 fully saturated rings. The fraction of sp³-hybridized carbons (Fsp3) is 0.900. The van der Waals surface area contributed by atoms with Gasteiger partial charge in [-0.1, -0.05) is 45.3 Å². The number of aliphatic hydroxyl groups is 2. The van der Waals surface area contributed by atoms with Crippen LogP contribution in [0.2, 0.25) is 0 Å². The zero-order valence-corrected chi connectivity index (χ0v) is 14.9. The lowest BCUT2D eigenvalue weighted by molar-refractivity contribution is -0.0295. The van der Waals surface area contributed by atoms with Crippen LogP contribution < -0.4 is 0 Å². The summed E-state index contributed by atoms with van der Waals surface area (Å²) in [4.78, 5) is 0. The summed E-state index contributed by atoms with van der Waals surface area (Å²) in [6.45, 7) is 9.54. The minimum Gasteiger partial charge on any atom is -0.394 e. The van der Waals surface area contributed by atoms with Gasteiger partial charge in [-0.2, -0.15) is 0 Å². The van der Waals surface area contributed by atoms with Crippen molar-refractivity contribution in [2.24, 2.45) is 22.2 Å². The van der Waals surface area contributed by atoms with Gasteiger partial charge in [-0.3, -0.25) is 0 Å². The highest BCUT2D eigenvalue weighted by atomic mass is 16.3. The summed E-state index contributed by atoms with van der Waals surface area (Å²) in [7, 11) is 0. The first-order valence-corrected chi connectivity index (χ1v) is 9.23. The van der Waals surface area contributed by atoms with Gasteiger partial charge in [0, 0.05) is 0 Å². The van der Waals surface area contributed by atoms with E-state index >= 15 is 0 Å². The van der Waals surface area contributed by atoms with Gasteiger partial charge in [0.05, 0.1) is 12.7 Å². The van der Waals surface area contributed by atoms with Gasteiger partial charge in [0.25, 0.3) is 0 Å². The van der Waals surface area contributed by atoms with E-state index in [-0.39, 0.29) is 12.0 Å². The molecule has 4 atom stereocenters. The summed E-state index contributed by atoms with van der Waals surface area (Å²) in [6.07, 6.45) is 9.17. The van der Waals surface area contributed by atoms with Gasteiger partial charge in [0.15, 0.2) is 0 Å². The molecule has 2 heteroatoms. The second kappa shape index (κ2) is 5.34. The Labute approximate surface area is 136 Å². The van der Waals surface area contributed by atoms with Crippen molar-refractivity contribution in [1.82, 2.24) is 0 Å². The van der Waals surface area contributed by atoms with Crippen LogP contribution in [-0.2, 0) is 0 Å². The normalized spacial score (nSPS) is 42.5. The van der Waals surface area contributed by atoms with Gasteiger partial charge < -0.3 is 10.2 Å². The molecule has 2 nitrogen and oxygen atoms in total. The van der Waals surface area contributed by atoms with Gasteiger partial charge in [-0.05, 0) is 67.1 Å². The molecule has 0 aromatic heterocycles. The van der Waals surface area contributed by atoms with Gasteiger partial charge in [-0.25, -0.2) is 0 Å². The molecule has 0 aromatic rings. The lowest BCUT2D eigenvalue weighted by atomic mass is 9.48. The summed E-state index contributed by atoms with van der Waals surface area (Å²) in [5.74, 6) is 0.819. The Bertz CT molecular complexity index is 478. The lowest BCUT2D eigenvalue weighted by Gasteiger charge is -2.57. The number of hydrogen-bond donors (Lipinski definition) is 2. The molecule has 1 saturated carbocycles. The highest BCUT2D eigenvalue weighted by Gasteiger charge is 2.52. The van der Waals surface area contributed by atoms with Crippen LogP contribution >= 0.6 is 0 Å². The molecule has 0 radical (unpaired) electrons. The zero-order valence-electron chi connectivity index (χ0n) is 14.9. The SMILES string of the molecule is CC1(C)CCC[C@@]2(C)C3=C(CC[C@H]12)C[C@](C)([C@@H](O)CO)CC3. The number of rotatable bonds is 2. The predicted molar refractivity (Wildman–Crippen MR) is 90.5 cm³/mol. The van der Waals surface area contributed by atoms with Crippen molar-refractivity contribution in [2.45, 2.75) is 85.2 Å². The smallest absolute Gasteiger partial charge is 0.0827 e. The molecule has 0 unspecified atom stereocenters. The molecular formula is C20H34O2. The van der Waals surface area contributed by atoms with Crippen LogP contribution in [0.3, 0.4) is 0 Å². The fourth-order valence-corrected chi connectivity index (χ4v) is 6.21. The molecular weight excluding hydrogens is 272 g/mol. The summed E-state index contributed by atoms with van der Waals surface area (Å²) in [6, 6.07) is 0. The molecule has 0 heterocycles. The molecule has 3 aliphatic carbocycles. The minimum absolute atomic E-state index is 0.105. The van der Waals surface area contributed by atoms with Crippen LogP contribution in [0.25, 0.3) is 0 Å². The van der Waals surface area contributed by atoms with E-state index in [2.05, 4.69) is 27.7 Å². The molecule has 0 bridgehead atoms. The summed E-state index contributed by atoms with van der Waals surface area (Å²) < 4.78 is 0. The van der Waals surface area contributed by atoms with Gasteiger partial charge in [-0.15, -0.1) is 0 Å². The van der Waals surface area contributed by atoms with Gasteiger partial charge in [0.1, 0.15) is 0 Å². The van der Waals surface area contributed by atoms with Crippen molar-refractivity contribution >= 4 is 0 Å². The second-order valence-electron chi connectivity index (χ2n) is 9.46. The average molecular weight is 306 g/mol. The fourth-order valence-electron chi connectivity index (χ4n) is 6.21.